The minimum absolute atomic E-state index is 0.0301. The third kappa shape index (κ3) is 6.98. The lowest BCUT2D eigenvalue weighted by Crippen LogP contribution is -2.45. The molecule has 38 heavy (non-hydrogen) atoms. The lowest BCUT2D eigenvalue weighted by Gasteiger charge is -2.34. The minimum Gasteiger partial charge on any atom is -0.493 e. The van der Waals surface area contributed by atoms with E-state index in [2.05, 4.69) is 42.2 Å². The maximum Gasteiger partial charge on any atom is 0.254 e. The number of carbonyl (C=O) groups excluding carboxylic acids is 1. The zero-order valence-corrected chi connectivity index (χ0v) is 23.3. The number of allylic oxidation sites excluding steroid dienone is 2. The molecule has 6 heteroatoms. The summed E-state index contributed by atoms with van der Waals surface area (Å²) in [6, 6.07) is 14.1. The number of benzene rings is 2. The Bertz CT molecular complexity index is 1100. The second-order valence-electron chi connectivity index (χ2n) is 10.4. The first-order chi connectivity index (χ1) is 18.5. The van der Waals surface area contributed by atoms with Gasteiger partial charge in [0.1, 0.15) is 0 Å². The SMILES string of the molecule is COc1cc(C(=O)N(CC(C)=Cc2ccccc2)CC2CCCN2CC2CC=CCC2)cc(OC)c1OC. The quantitative estimate of drug-likeness (QED) is 0.338. The molecule has 1 aliphatic carbocycles. The van der Waals surface area contributed by atoms with Gasteiger partial charge in [0.2, 0.25) is 5.75 Å². The Kier molecular flexibility index (Phi) is 9.88. The number of hydrogen-bond donors (Lipinski definition) is 0. The zero-order chi connectivity index (χ0) is 26.9. The predicted octanol–water partition coefficient (Wildman–Crippen LogP) is 6.08. The van der Waals surface area contributed by atoms with Gasteiger partial charge in [-0.2, -0.15) is 0 Å². The van der Waals surface area contributed by atoms with Crippen molar-refractivity contribution >= 4 is 12.0 Å². The summed E-state index contributed by atoms with van der Waals surface area (Å²) >= 11 is 0. The first-order valence-electron chi connectivity index (χ1n) is 13.7. The Morgan fingerprint density at radius 3 is 2.39 bits per heavy atom. The van der Waals surface area contributed by atoms with Crippen LogP contribution >= 0.6 is 0 Å². The van der Waals surface area contributed by atoms with Gasteiger partial charge in [-0.15, -0.1) is 0 Å². The van der Waals surface area contributed by atoms with Gasteiger partial charge in [0.05, 0.1) is 21.3 Å². The normalized spacial score (nSPS) is 19.8. The van der Waals surface area contributed by atoms with E-state index < -0.39 is 0 Å². The molecule has 1 aliphatic heterocycles. The summed E-state index contributed by atoms with van der Waals surface area (Å²) in [5.74, 6) is 2.14. The van der Waals surface area contributed by atoms with E-state index in [9.17, 15) is 4.79 Å². The van der Waals surface area contributed by atoms with Crippen molar-refractivity contribution in [1.82, 2.24) is 9.80 Å². The Morgan fingerprint density at radius 2 is 1.76 bits per heavy atom. The van der Waals surface area contributed by atoms with E-state index in [1.165, 1.54) is 19.3 Å². The van der Waals surface area contributed by atoms with Crippen LogP contribution in [0.5, 0.6) is 17.2 Å². The van der Waals surface area contributed by atoms with Crippen LogP contribution in [0.3, 0.4) is 0 Å². The smallest absolute Gasteiger partial charge is 0.254 e. The summed E-state index contributed by atoms with van der Waals surface area (Å²) in [7, 11) is 4.72. The molecule has 2 aliphatic rings. The van der Waals surface area contributed by atoms with Crippen LogP contribution in [0.15, 0.2) is 60.2 Å². The van der Waals surface area contributed by atoms with E-state index in [1.807, 2.05) is 23.1 Å². The van der Waals surface area contributed by atoms with E-state index in [1.54, 1.807) is 33.5 Å². The third-order valence-electron chi connectivity index (χ3n) is 7.65. The number of amides is 1. The van der Waals surface area contributed by atoms with Gasteiger partial charge in [0.25, 0.3) is 5.91 Å². The largest absolute Gasteiger partial charge is 0.493 e. The monoisotopic (exact) mass is 518 g/mol. The first kappa shape index (κ1) is 27.8. The molecule has 0 bridgehead atoms. The standard InChI is InChI=1S/C32H42N2O4/c1-24(18-25-12-7-5-8-13-25)21-34(23-28-16-11-17-33(28)22-26-14-9-6-10-15-26)32(35)27-19-29(36-2)31(38-4)30(20-27)37-3/h5-9,12-13,18-20,26,28H,10-11,14-17,21-23H2,1-4H3. The van der Waals surface area contributed by atoms with E-state index in [0.29, 0.717) is 47.9 Å². The highest BCUT2D eigenvalue weighted by atomic mass is 16.5. The molecule has 2 aromatic carbocycles. The van der Waals surface area contributed by atoms with Crippen LogP contribution in [0.4, 0.5) is 0 Å². The van der Waals surface area contributed by atoms with Crippen LogP contribution in [0, 0.1) is 5.92 Å². The van der Waals surface area contributed by atoms with Gasteiger partial charge in [0.15, 0.2) is 11.5 Å². The topological polar surface area (TPSA) is 51.2 Å². The summed E-state index contributed by atoms with van der Waals surface area (Å²) < 4.78 is 16.6. The number of likely N-dealkylation sites (tertiary alicyclic amines) is 1. The molecule has 0 N–H and O–H groups in total. The Labute approximate surface area is 227 Å². The predicted molar refractivity (Wildman–Crippen MR) is 153 cm³/mol. The fourth-order valence-electron chi connectivity index (χ4n) is 5.74. The molecule has 2 aromatic rings. The number of ether oxygens (including phenoxy) is 3. The number of rotatable bonds is 11. The first-order valence-corrected chi connectivity index (χ1v) is 13.7. The average Bonchev–Trinajstić information content (AvgIpc) is 3.38. The molecule has 1 heterocycles. The van der Waals surface area contributed by atoms with Gasteiger partial charge < -0.3 is 19.1 Å². The van der Waals surface area contributed by atoms with Crippen molar-refractivity contribution in [3.63, 3.8) is 0 Å². The van der Waals surface area contributed by atoms with Crippen molar-refractivity contribution in [3.05, 3.63) is 71.3 Å². The molecule has 0 spiro atoms. The second-order valence-corrected chi connectivity index (χ2v) is 10.4. The molecule has 204 valence electrons. The highest BCUT2D eigenvalue weighted by Gasteiger charge is 2.31. The number of carbonyl (C=O) groups is 1. The van der Waals surface area contributed by atoms with E-state index in [4.69, 9.17) is 14.2 Å². The molecule has 1 amide bonds. The van der Waals surface area contributed by atoms with Gasteiger partial charge in [-0.3, -0.25) is 9.69 Å². The van der Waals surface area contributed by atoms with Gasteiger partial charge in [-0.1, -0.05) is 54.1 Å². The lowest BCUT2D eigenvalue weighted by molar-refractivity contribution is 0.0712. The fraction of sp³-hybridized carbons (Fsp3) is 0.469. The molecule has 0 aromatic heterocycles. The van der Waals surface area contributed by atoms with Crippen LogP contribution in [0.2, 0.25) is 0 Å². The van der Waals surface area contributed by atoms with Crippen molar-refractivity contribution in [2.45, 2.75) is 45.1 Å². The maximum absolute atomic E-state index is 14.1. The van der Waals surface area contributed by atoms with Crippen molar-refractivity contribution < 1.29 is 19.0 Å². The molecule has 4 rings (SSSR count). The minimum atomic E-state index is -0.0301. The Morgan fingerprint density at radius 1 is 1.03 bits per heavy atom. The molecule has 6 nitrogen and oxygen atoms in total. The molecule has 2 unspecified atom stereocenters. The zero-order valence-electron chi connectivity index (χ0n) is 23.3. The molecule has 0 saturated carbocycles. The summed E-state index contributed by atoms with van der Waals surface area (Å²) in [6.07, 6.45) is 12.7. The Hall–Kier alpha value is -3.25. The van der Waals surface area contributed by atoms with Gasteiger partial charge in [0, 0.05) is 31.2 Å². The summed E-state index contributed by atoms with van der Waals surface area (Å²) in [5, 5.41) is 0. The molecule has 2 atom stereocenters. The summed E-state index contributed by atoms with van der Waals surface area (Å²) in [4.78, 5) is 18.7. The summed E-state index contributed by atoms with van der Waals surface area (Å²) in [6.45, 7) is 5.57. The molecule has 1 saturated heterocycles. The fourth-order valence-corrected chi connectivity index (χ4v) is 5.74. The van der Waals surface area contributed by atoms with Crippen LogP contribution in [0.25, 0.3) is 6.08 Å². The van der Waals surface area contributed by atoms with Crippen molar-refractivity contribution in [2.24, 2.45) is 5.92 Å². The third-order valence-corrected chi connectivity index (χ3v) is 7.65. The van der Waals surface area contributed by atoms with Gasteiger partial charge in [-0.05, 0) is 69.2 Å². The van der Waals surface area contributed by atoms with Crippen LogP contribution in [-0.2, 0) is 0 Å². The Balaban J connectivity index is 1.59. The van der Waals surface area contributed by atoms with Crippen LogP contribution < -0.4 is 14.2 Å². The molecule has 1 fully saturated rings. The van der Waals surface area contributed by atoms with Crippen molar-refractivity contribution in [1.29, 1.82) is 0 Å². The van der Waals surface area contributed by atoms with Crippen LogP contribution in [-0.4, -0.2) is 69.3 Å². The van der Waals surface area contributed by atoms with E-state index in [-0.39, 0.29) is 5.91 Å². The molecular formula is C32H42N2O4. The lowest BCUT2D eigenvalue weighted by atomic mass is 9.93. The average molecular weight is 519 g/mol. The van der Waals surface area contributed by atoms with Crippen LogP contribution in [0.1, 0.15) is 54.9 Å². The second kappa shape index (κ2) is 13.5. The molecule has 0 radical (unpaired) electrons. The highest BCUT2D eigenvalue weighted by Crippen LogP contribution is 2.38. The van der Waals surface area contributed by atoms with Gasteiger partial charge >= 0.3 is 0 Å². The van der Waals surface area contributed by atoms with Crippen molar-refractivity contribution in [3.8, 4) is 17.2 Å². The summed E-state index contributed by atoms with van der Waals surface area (Å²) in [5.41, 5.74) is 2.81. The molecular weight excluding hydrogens is 476 g/mol. The van der Waals surface area contributed by atoms with E-state index >= 15 is 0 Å². The number of methoxy groups -OCH3 is 3. The van der Waals surface area contributed by atoms with Crippen molar-refractivity contribution in [2.75, 3.05) is 47.5 Å². The number of hydrogen-bond acceptors (Lipinski definition) is 5. The van der Waals surface area contributed by atoms with Gasteiger partial charge in [-0.25, -0.2) is 0 Å². The number of nitrogens with zero attached hydrogens (tertiary/aromatic N) is 2. The highest BCUT2D eigenvalue weighted by molar-refractivity contribution is 5.96. The maximum atomic E-state index is 14.1. The van der Waals surface area contributed by atoms with E-state index in [0.717, 1.165) is 37.1 Å².